The molecule has 1 amide bonds. The molecule has 134 valence electrons. The van der Waals surface area contributed by atoms with E-state index in [1.165, 1.54) is 6.42 Å². The number of anilines is 1. The molecular formula is C20H31NO3. The van der Waals surface area contributed by atoms with Crippen molar-refractivity contribution in [3.8, 4) is 5.75 Å². The average Bonchev–Trinajstić information content (AvgIpc) is 2.62. The van der Waals surface area contributed by atoms with Crippen molar-refractivity contribution in [1.82, 2.24) is 0 Å². The summed E-state index contributed by atoms with van der Waals surface area (Å²) >= 11 is 0. The van der Waals surface area contributed by atoms with Gasteiger partial charge in [-0.2, -0.15) is 0 Å². The number of hydrogen-bond donors (Lipinski definition) is 1. The number of unbranched alkanes of at least 4 members (excludes halogenated alkanes) is 1. The van der Waals surface area contributed by atoms with Crippen LogP contribution in [-0.4, -0.2) is 24.7 Å². The summed E-state index contributed by atoms with van der Waals surface area (Å²) < 4.78 is 11.7. The Morgan fingerprint density at radius 2 is 1.75 bits per heavy atom. The lowest BCUT2D eigenvalue weighted by atomic mass is 9.83. The van der Waals surface area contributed by atoms with Crippen LogP contribution in [0.4, 0.5) is 5.69 Å². The summed E-state index contributed by atoms with van der Waals surface area (Å²) in [6.07, 6.45) is 8.04. The number of amides is 1. The first-order valence-corrected chi connectivity index (χ1v) is 9.38. The van der Waals surface area contributed by atoms with Gasteiger partial charge in [-0.05, 0) is 49.9 Å². The number of nitrogens with one attached hydrogen (secondary N) is 1. The molecular weight excluding hydrogens is 302 g/mol. The molecule has 1 N–H and O–H groups in total. The quantitative estimate of drug-likeness (QED) is 0.652. The molecule has 2 rings (SSSR count). The zero-order chi connectivity index (χ0) is 17.3. The zero-order valence-corrected chi connectivity index (χ0v) is 15.1. The number of hydrogen-bond acceptors (Lipinski definition) is 3. The molecule has 0 bridgehead atoms. The fraction of sp³-hybridized carbons (Fsp3) is 0.650. The second-order valence-electron chi connectivity index (χ2n) is 6.58. The van der Waals surface area contributed by atoms with E-state index < -0.39 is 5.60 Å². The van der Waals surface area contributed by atoms with E-state index in [0.29, 0.717) is 6.61 Å². The second-order valence-corrected chi connectivity index (χ2v) is 6.58. The number of benzene rings is 1. The van der Waals surface area contributed by atoms with E-state index in [1.54, 1.807) is 0 Å². The van der Waals surface area contributed by atoms with Crippen molar-refractivity contribution in [3.63, 3.8) is 0 Å². The third-order valence-electron chi connectivity index (χ3n) is 4.54. The van der Waals surface area contributed by atoms with Crippen LogP contribution in [0.3, 0.4) is 0 Å². The van der Waals surface area contributed by atoms with Gasteiger partial charge in [-0.15, -0.1) is 0 Å². The van der Waals surface area contributed by atoms with Gasteiger partial charge in [0.1, 0.15) is 11.4 Å². The number of ether oxygens (including phenoxy) is 2. The molecule has 0 atom stereocenters. The molecule has 24 heavy (non-hydrogen) atoms. The predicted molar refractivity (Wildman–Crippen MR) is 97.5 cm³/mol. The minimum Gasteiger partial charge on any atom is -0.494 e. The van der Waals surface area contributed by atoms with Crippen molar-refractivity contribution >= 4 is 11.6 Å². The third kappa shape index (κ3) is 5.23. The standard InChI is InChI=1S/C20H31NO3/c1-3-5-16-23-18-11-9-17(10-12-18)21-19(22)20(24-15-4-2)13-7-6-8-14-20/h9-12H,3-8,13-16H2,1-2H3,(H,21,22). The summed E-state index contributed by atoms with van der Waals surface area (Å²) in [5.74, 6) is 0.839. The third-order valence-corrected chi connectivity index (χ3v) is 4.54. The Morgan fingerprint density at radius 1 is 1.04 bits per heavy atom. The van der Waals surface area contributed by atoms with Crippen LogP contribution < -0.4 is 10.1 Å². The van der Waals surface area contributed by atoms with Gasteiger partial charge in [0.05, 0.1) is 6.61 Å². The monoisotopic (exact) mass is 333 g/mol. The highest BCUT2D eigenvalue weighted by Gasteiger charge is 2.40. The zero-order valence-electron chi connectivity index (χ0n) is 15.1. The summed E-state index contributed by atoms with van der Waals surface area (Å²) in [6.45, 7) is 5.59. The van der Waals surface area contributed by atoms with Crippen LogP contribution in [0.1, 0.15) is 65.2 Å². The van der Waals surface area contributed by atoms with Crippen molar-refractivity contribution in [3.05, 3.63) is 24.3 Å². The predicted octanol–water partition coefficient (Wildman–Crippen LogP) is 4.93. The van der Waals surface area contributed by atoms with Gasteiger partial charge in [-0.25, -0.2) is 0 Å². The maximum Gasteiger partial charge on any atom is 0.256 e. The normalized spacial score (nSPS) is 16.6. The van der Waals surface area contributed by atoms with Gasteiger partial charge >= 0.3 is 0 Å². The van der Waals surface area contributed by atoms with E-state index in [-0.39, 0.29) is 5.91 Å². The molecule has 1 aliphatic carbocycles. The topological polar surface area (TPSA) is 47.6 Å². The number of rotatable bonds is 9. The Balaban J connectivity index is 1.95. The molecule has 0 saturated heterocycles. The highest BCUT2D eigenvalue weighted by molar-refractivity contribution is 5.97. The molecule has 1 aromatic rings. The molecule has 4 heteroatoms. The molecule has 0 radical (unpaired) electrons. The Kier molecular flexibility index (Phi) is 7.57. The van der Waals surface area contributed by atoms with Crippen LogP contribution in [0.5, 0.6) is 5.75 Å². The summed E-state index contributed by atoms with van der Waals surface area (Å²) in [6, 6.07) is 7.61. The first-order chi connectivity index (χ1) is 11.7. The lowest BCUT2D eigenvalue weighted by molar-refractivity contribution is -0.146. The van der Waals surface area contributed by atoms with Crippen LogP contribution in [0, 0.1) is 0 Å². The Morgan fingerprint density at radius 3 is 2.38 bits per heavy atom. The first-order valence-electron chi connectivity index (χ1n) is 9.38. The van der Waals surface area contributed by atoms with E-state index in [2.05, 4.69) is 19.2 Å². The largest absolute Gasteiger partial charge is 0.494 e. The summed E-state index contributed by atoms with van der Waals surface area (Å²) in [7, 11) is 0. The minimum atomic E-state index is -0.648. The Labute approximate surface area is 145 Å². The molecule has 0 spiro atoms. The van der Waals surface area contributed by atoms with Crippen molar-refractivity contribution in [2.75, 3.05) is 18.5 Å². The lowest BCUT2D eigenvalue weighted by Gasteiger charge is -2.35. The molecule has 0 aromatic heterocycles. The van der Waals surface area contributed by atoms with Crippen LogP contribution in [-0.2, 0) is 9.53 Å². The van der Waals surface area contributed by atoms with Gasteiger partial charge in [-0.3, -0.25) is 4.79 Å². The van der Waals surface area contributed by atoms with Gasteiger partial charge < -0.3 is 14.8 Å². The van der Waals surface area contributed by atoms with Crippen molar-refractivity contribution in [2.24, 2.45) is 0 Å². The Hall–Kier alpha value is -1.55. The lowest BCUT2D eigenvalue weighted by Crippen LogP contribution is -2.47. The van der Waals surface area contributed by atoms with Crippen LogP contribution in [0.25, 0.3) is 0 Å². The van der Waals surface area contributed by atoms with Crippen molar-refractivity contribution in [2.45, 2.75) is 70.8 Å². The van der Waals surface area contributed by atoms with Crippen molar-refractivity contribution < 1.29 is 14.3 Å². The van der Waals surface area contributed by atoms with E-state index in [4.69, 9.17) is 9.47 Å². The molecule has 0 unspecified atom stereocenters. The Bertz CT molecular complexity index is 492. The van der Waals surface area contributed by atoms with E-state index in [1.807, 2.05) is 24.3 Å². The minimum absolute atomic E-state index is 0.00435. The summed E-state index contributed by atoms with van der Waals surface area (Å²) in [5, 5.41) is 3.04. The van der Waals surface area contributed by atoms with Crippen LogP contribution in [0.2, 0.25) is 0 Å². The average molecular weight is 333 g/mol. The number of carbonyl (C=O) groups excluding carboxylic acids is 1. The highest BCUT2D eigenvalue weighted by atomic mass is 16.5. The molecule has 1 aliphatic rings. The first kappa shape index (κ1) is 18.8. The smallest absolute Gasteiger partial charge is 0.256 e. The molecule has 0 aliphatic heterocycles. The molecule has 4 nitrogen and oxygen atoms in total. The maximum absolute atomic E-state index is 12.8. The molecule has 1 fully saturated rings. The van der Waals surface area contributed by atoms with Crippen LogP contribution in [0.15, 0.2) is 24.3 Å². The fourth-order valence-corrected chi connectivity index (χ4v) is 3.07. The number of carbonyl (C=O) groups is 1. The van der Waals surface area contributed by atoms with Gasteiger partial charge in [0.2, 0.25) is 0 Å². The molecule has 1 aromatic carbocycles. The van der Waals surface area contributed by atoms with Gasteiger partial charge in [0.15, 0.2) is 0 Å². The second kappa shape index (κ2) is 9.67. The maximum atomic E-state index is 12.8. The SMILES string of the molecule is CCCCOc1ccc(NC(=O)C2(OCCC)CCCCC2)cc1. The van der Waals surface area contributed by atoms with E-state index >= 15 is 0 Å². The van der Waals surface area contributed by atoms with Gasteiger partial charge in [0, 0.05) is 12.3 Å². The van der Waals surface area contributed by atoms with E-state index in [0.717, 1.165) is 63.0 Å². The molecule has 1 saturated carbocycles. The van der Waals surface area contributed by atoms with Gasteiger partial charge in [-0.1, -0.05) is 39.5 Å². The molecule has 0 heterocycles. The van der Waals surface area contributed by atoms with E-state index in [9.17, 15) is 4.79 Å². The summed E-state index contributed by atoms with van der Waals surface area (Å²) in [5.41, 5.74) is 0.151. The highest BCUT2D eigenvalue weighted by Crippen LogP contribution is 2.33. The van der Waals surface area contributed by atoms with Crippen molar-refractivity contribution in [1.29, 1.82) is 0 Å². The fourth-order valence-electron chi connectivity index (χ4n) is 3.07. The summed E-state index contributed by atoms with van der Waals surface area (Å²) in [4.78, 5) is 12.8. The van der Waals surface area contributed by atoms with Gasteiger partial charge in [0.25, 0.3) is 5.91 Å². The van der Waals surface area contributed by atoms with Crippen LogP contribution >= 0.6 is 0 Å².